The zero-order chi connectivity index (χ0) is 17.1. The van der Waals surface area contributed by atoms with Crippen molar-refractivity contribution in [3.63, 3.8) is 0 Å². The van der Waals surface area contributed by atoms with Crippen LogP contribution in [0.1, 0.15) is 17.1 Å². The van der Waals surface area contributed by atoms with Gasteiger partial charge >= 0.3 is 267 Å². The molecule has 0 amide bonds. The van der Waals surface area contributed by atoms with Crippen LogP contribution in [0.4, 0.5) is 4.79 Å². The monoisotopic (exact) mass is 724 g/mol. The van der Waals surface area contributed by atoms with E-state index in [1.165, 1.54) is 0 Å². The van der Waals surface area contributed by atoms with Crippen LogP contribution in [0.2, 0.25) is 0 Å². The van der Waals surface area contributed by atoms with Gasteiger partial charge in [-0.25, -0.2) is 18.5 Å². The minimum Gasteiger partial charge on any atom is -1.00 e. The van der Waals surface area contributed by atoms with E-state index in [2.05, 4.69) is 0 Å². The molecule has 0 saturated heterocycles. The molecule has 0 radical (unpaired) electrons. The molecule has 152 valence electrons. The van der Waals surface area contributed by atoms with Crippen LogP contribution in [0.3, 0.4) is 0 Å². The van der Waals surface area contributed by atoms with Gasteiger partial charge in [-0.3, -0.25) is 0 Å². The van der Waals surface area contributed by atoms with Gasteiger partial charge < -0.3 is 76.8 Å². The third-order valence-corrected chi connectivity index (χ3v) is 0. The fourth-order valence-electron chi connectivity index (χ4n) is 0. The standard InChI is InChI=1S/CH2O3.Ba.5Ca.3H3O4P.H2O.12H/c2-1(3)4;;;;;;;3*1-5(2,3)4;;;;;;;;;;;;;/h(H2,2,3,4);;;;;;;3*(H3,1,2,3,4);1H2;;;;;;;;;;;;/q;6*+2;;;;;12*-1. The predicted octanol–water partition coefficient (Wildman–Crippen LogP) is -4.32. The first-order valence-electron chi connectivity index (χ1n) is 3.00. The van der Waals surface area contributed by atoms with Gasteiger partial charge in [0, 0.05) is 0 Å². The summed E-state index contributed by atoms with van der Waals surface area (Å²) in [4.78, 5) is 73.2. The van der Waals surface area contributed by atoms with Gasteiger partial charge in [-0.1, -0.05) is 0 Å². The van der Waals surface area contributed by atoms with E-state index in [0.29, 0.717) is 0 Å². The largest absolute Gasteiger partial charge is 2.00 e. The summed E-state index contributed by atoms with van der Waals surface area (Å²) in [6.07, 6.45) is -1.83. The molecule has 26 heavy (non-hydrogen) atoms. The van der Waals surface area contributed by atoms with E-state index in [-0.39, 0.29) is 260 Å². The van der Waals surface area contributed by atoms with E-state index in [1.807, 2.05) is 0 Å². The van der Waals surface area contributed by atoms with Crippen LogP contribution in [0, 0.1) is 0 Å². The third-order valence-electron chi connectivity index (χ3n) is 0. The number of carboxylic acid groups (broad SMARTS) is 2. The van der Waals surface area contributed by atoms with Crippen LogP contribution in [-0.4, -0.2) is 303 Å². The van der Waals surface area contributed by atoms with Crippen LogP contribution < -0.4 is 0 Å². The van der Waals surface area contributed by atoms with Crippen LogP contribution in [-0.2, 0) is 13.7 Å². The maximum absolute atomic E-state index is 8.88. The van der Waals surface area contributed by atoms with Gasteiger partial charge in [-0.05, 0) is 0 Å². The second-order valence-electron chi connectivity index (χ2n) is 1.82. The van der Waals surface area contributed by atoms with Gasteiger partial charge in [-0.15, -0.1) is 0 Å². The van der Waals surface area contributed by atoms with Crippen molar-refractivity contribution in [3.8, 4) is 0 Å². The van der Waals surface area contributed by atoms with E-state index in [0.717, 1.165) is 0 Å². The minimum absolute atomic E-state index is 0. The summed E-state index contributed by atoms with van der Waals surface area (Å²) in [5.41, 5.74) is 0. The molecule has 0 saturated carbocycles. The van der Waals surface area contributed by atoms with Crippen molar-refractivity contribution in [2.45, 2.75) is 0 Å². The zero-order valence-corrected chi connectivity index (χ0v) is 31.3. The molecule has 0 aliphatic heterocycles. The Bertz CT molecular complexity index is 332. The van der Waals surface area contributed by atoms with E-state index in [4.69, 9.17) is 72.7 Å². The molecule has 0 heterocycles. The maximum Gasteiger partial charge on any atom is 2.00 e. The summed E-state index contributed by atoms with van der Waals surface area (Å²) >= 11 is 0. The van der Waals surface area contributed by atoms with Gasteiger partial charge in [0.25, 0.3) is 0 Å². The van der Waals surface area contributed by atoms with Crippen molar-refractivity contribution in [1.82, 2.24) is 0 Å². The predicted molar refractivity (Wildman–Crippen MR) is 105 cm³/mol. The summed E-state index contributed by atoms with van der Waals surface area (Å²) < 4.78 is 26.6. The van der Waals surface area contributed by atoms with Crippen molar-refractivity contribution < 1.29 is 95.3 Å². The summed E-state index contributed by atoms with van der Waals surface area (Å²) in [5.74, 6) is 0. The molecule has 13 N–H and O–H groups in total. The van der Waals surface area contributed by atoms with Crippen LogP contribution in [0.15, 0.2) is 0 Å². The number of phosphoric acid groups is 3. The van der Waals surface area contributed by atoms with Gasteiger partial charge in [0.1, 0.15) is 0 Å². The molecule has 0 aromatic rings. The maximum atomic E-state index is 8.88. The molecule has 0 aromatic heterocycles. The Morgan fingerprint density at radius 2 is 0.538 bits per heavy atom. The summed E-state index contributed by atoms with van der Waals surface area (Å²) in [6.45, 7) is 0. The molecule has 0 aromatic carbocycles. The van der Waals surface area contributed by atoms with Gasteiger partial charge in [-0.2, -0.15) is 0 Å². The van der Waals surface area contributed by atoms with Gasteiger partial charge in [0.15, 0.2) is 0 Å². The Morgan fingerprint density at radius 1 is 0.538 bits per heavy atom. The van der Waals surface area contributed by atoms with Crippen molar-refractivity contribution in [2.24, 2.45) is 0 Å². The Labute approximate surface area is 354 Å². The first kappa shape index (κ1) is 69.9. The Morgan fingerprint density at radius 3 is 0.538 bits per heavy atom. The molecular weight excluding hydrogens is 699 g/mol. The normalized spacial score (nSPS) is 7.73. The summed E-state index contributed by atoms with van der Waals surface area (Å²) in [5, 5.41) is 13.9. The first-order chi connectivity index (χ1) is 7.73. The fraction of sp³-hybridized carbons (Fsp3) is 0. The second-order valence-corrected chi connectivity index (χ2v) is 4.90. The molecule has 0 aliphatic carbocycles. The molecule has 0 spiro atoms. The SMILES string of the molecule is O.O=C(O)O.O=P(O)(O)O.O=P(O)(O)O.O=P(O)(O)O.[Ba+2].[Ca+2].[Ca+2].[Ca+2].[Ca+2].[Ca+2].[H-].[H-].[H-].[H-].[H-].[H-].[H-].[H-].[H-].[H-].[H-].[H-]. The fourth-order valence-corrected chi connectivity index (χ4v) is 0. The van der Waals surface area contributed by atoms with Crippen LogP contribution in [0.25, 0.3) is 0 Å². The van der Waals surface area contributed by atoms with E-state index in [9.17, 15) is 0 Å². The Balaban J connectivity index is -0.00000000323. The van der Waals surface area contributed by atoms with Crippen LogP contribution in [0.5, 0.6) is 0 Å². The Kier molecular flexibility index (Phi) is 107. The van der Waals surface area contributed by atoms with E-state index < -0.39 is 29.6 Å². The number of carbonyl (C=O) groups is 1. The molecular formula is CH25BaCa5O16P3. The smallest absolute Gasteiger partial charge is 1.00 e. The quantitative estimate of drug-likeness (QED) is 0.0832. The number of hydrogen-bond acceptors (Lipinski definition) is 4. The molecule has 0 atom stereocenters. The average molecular weight is 724 g/mol. The average Bonchev–Trinajstić information content (AvgIpc) is 1.66. The molecule has 16 nitrogen and oxygen atoms in total. The summed E-state index contributed by atoms with van der Waals surface area (Å²) in [6, 6.07) is 0. The van der Waals surface area contributed by atoms with Gasteiger partial charge in [0.2, 0.25) is 0 Å². The van der Waals surface area contributed by atoms with Crippen LogP contribution >= 0.6 is 23.5 Å². The minimum atomic E-state index is -4.64. The molecule has 0 unspecified atom stereocenters. The first-order valence-corrected chi connectivity index (χ1v) is 7.69. The number of rotatable bonds is 0. The summed E-state index contributed by atoms with van der Waals surface area (Å²) in [7, 11) is -13.9. The molecule has 0 aliphatic rings. The van der Waals surface area contributed by atoms with E-state index >= 15 is 0 Å². The van der Waals surface area contributed by atoms with Crippen molar-refractivity contribution >= 4 is 267 Å². The zero-order valence-electron chi connectivity index (χ0n) is 25.1. The molecule has 25 heteroatoms. The topological polar surface area (TPSA) is 322 Å². The molecule has 0 bridgehead atoms. The second kappa shape index (κ2) is 39.6. The Hall–Kier alpha value is 7.43. The van der Waals surface area contributed by atoms with E-state index in [1.54, 1.807) is 0 Å². The van der Waals surface area contributed by atoms with Gasteiger partial charge in [0.05, 0.1) is 0 Å². The third kappa shape index (κ3) is 527. The van der Waals surface area contributed by atoms with Crippen molar-refractivity contribution in [2.75, 3.05) is 0 Å². The molecule has 0 fully saturated rings. The van der Waals surface area contributed by atoms with Crippen molar-refractivity contribution in [3.05, 3.63) is 0 Å². The molecule has 0 rings (SSSR count). The van der Waals surface area contributed by atoms with Crippen molar-refractivity contribution in [1.29, 1.82) is 0 Å². The number of hydrogen-bond donors (Lipinski definition) is 11.